The summed E-state index contributed by atoms with van der Waals surface area (Å²) in [5, 5.41) is 2.97. The zero-order chi connectivity index (χ0) is 20.1. The topological polar surface area (TPSA) is 75.7 Å². The van der Waals surface area contributed by atoms with Crippen molar-refractivity contribution in [1.82, 2.24) is 5.32 Å². The van der Waals surface area contributed by atoms with Gasteiger partial charge in [-0.15, -0.1) is 0 Å². The Morgan fingerprint density at radius 2 is 1.68 bits per heavy atom. The Hall–Kier alpha value is -2.54. The molecule has 1 N–H and O–H groups in total. The average Bonchev–Trinajstić information content (AvgIpc) is 3.20. The number of sulfonamides is 1. The van der Waals surface area contributed by atoms with Crippen LogP contribution in [0, 0.1) is 6.92 Å². The van der Waals surface area contributed by atoms with Gasteiger partial charge in [0.2, 0.25) is 5.91 Å². The van der Waals surface area contributed by atoms with E-state index in [-0.39, 0.29) is 23.4 Å². The van der Waals surface area contributed by atoms with Crippen molar-refractivity contribution in [2.75, 3.05) is 18.0 Å². The first-order chi connectivity index (χ1) is 13.4. The smallest absolute Gasteiger partial charge is 0.264 e. The van der Waals surface area contributed by atoms with Crippen molar-refractivity contribution in [3.8, 4) is 5.75 Å². The van der Waals surface area contributed by atoms with Crippen LogP contribution >= 0.6 is 0 Å². The molecule has 0 atom stereocenters. The number of aryl methyl sites for hydroxylation is 1. The molecule has 6 nitrogen and oxygen atoms in total. The van der Waals surface area contributed by atoms with Crippen LogP contribution in [0.4, 0.5) is 5.69 Å². The molecule has 1 amide bonds. The van der Waals surface area contributed by atoms with Crippen LogP contribution in [-0.2, 0) is 14.8 Å². The van der Waals surface area contributed by atoms with Gasteiger partial charge in [-0.1, -0.05) is 30.5 Å². The van der Waals surface area contributed by atoms with E-state index in [2.05, 4.69) is 5.32 Å². The normalized spacial score (nSPS) is 14.6. The van der Waals surface area contributed by atoms with Gasteiger partial charge in [-0.25, -0.2) is 8.42 Å². The first-order valence-electron chi connectivity index (χ1n) is 9.43. The highest BCUT2D eigenvalue weighted by Crippen LogP contribution is 2.26. The maximum Gasteiger partial charge on any atom is 0.264 e. The zero-order valence-corrected chi connectivity index (χ0v) is 17.0. The molecule has 0 bridgehead atoms. The van der Waals surface area contributed by atoms with Crippen molar-refractivity contribution in [2.24, 2.45) is 0 Å². The van der Waals surface area contributed by atoms with Crippen molar-refractivity contribution < 1.29 is 17.9 Å². The number of ether oxygens (including phenoxy) is 1. The molecule has 150 valence electrons. The first-order valence-corrected chi connectivity index (χ1v) is 10.9. The molecule has 28 heavy (non-hydrogen) atoms. The summed E-state index contributed by atoms with van der Waals surface area (Å²) in [4.78, 5) is 12.7. The van der Waals surface area contributed by atoms with Crippen LogP contribution in [-0.4, -0.2) is 34.0 Å². The number of benzene rings is 2. The molecule has 1 aliphatic carbocycles. The number of carbonyl (C=O) groups is 1. The molecule has 1 saturated carbocycles. The van der Waals surface area contributed by atoms with E-state index in [1.54, 1.807) is 24.3 Å². The standard InChI is InChI=1S/C21H26N2O4S/c1-16-7-9-18(10-8-16)23(15-21(24)22-17-5-3-4-6-17)28(25,26)20-13-11-19(27-2)12-14-20/h7-14,17H,3-6,15H2,1-2H3,(H,22,24). The average molecular weight is 403 g/mol. The molecule has 2 aromatic rings. The molecule has 3 rings (SSSR count). The summed E-state index contributed by atoms with van der Waals surface area (Å²) in [5.74, 6) is 0.282. The van der Waals surface area contributed by atoms with E-state index in [1.165, 1.54) is 23.5 Å². The summed E-state index contributed by atoms with van der Waals surface area (Å²) in [6.07, 6.45) is 4.08. The van der Waals surface area contributed by atoms with E-state index in [4.69, 9.17) is 4.74 Å². The largest absolute Gasteiger partial charge is 0.497 e. The lowest BCUT2D eigenvalue weighted by Crippen LogP contribution is -2.43. The summed E-state index contributed by atoms with van der Waals surface area (Å²) in [6.45, 7) is 1.67. The molecule has 0 unspecified atom stereocenters. The summed E-state index contributed by atoms with van der Waals surface area (Å²) >= 11 is 0. The van der Waals surface area contributed by atoms with Crippen LogP contribution in [0.25, 0.3) is 0 Å². The lowest BCUT2D eigenvalue weighted by Gasteiger charge is -2.25. The van der Waals surface area contributed by atoms with Gasteiger partial charge in [0.1, 0.15) is 12.3 Å². The summed E-state index contributed by atoms with van der Waals surface area (Å²) < 4.78 is 32.9. The van der Waals surface area contributed by atoms with Crippen molar-refractivity contribution in [3.05, 3.63) is 54.1 Å². The molecule has 1 fully saturated rings. The Kier molecular flexibility index (Phi) is 6.24. The van der Waals surface area contributed by atoms with Crippen LogP contribution in [0.15, 0.2) is 53.4 Å². The Labute approximate surface area is 166 Å². The van der Waals surface area contributed by atoms with Gasteiger partial charge in [0, 0.05) is 6.04 Å². The van der Waals surface area contributed by atoms with Gasteiger partial charge < -0.3 is 10.1 Å². The van der Waals surface area contributed by atoms with Crippen LogP contribution in [0.3, 0.4) is 0 Å². The second-order valence-electron chi connectivity index (χ2n) is 7.07. The van der Waals surface area contributed by atoms with Crippen LogP contribution in [0.1, 0.15) is 31.2 Å². The van der Waals surface area contributed by atoms with Gasteiger partial charge in [0.15, 0.2) is 0 Å². The van der Waals surface area contributed by atoms with Crippen LogP contribution < -0.4 is 14.4 Å². The second-order valence-corrected chi connectivity index (χ2v) is 8.93. The molecule has 1 aliphatic rings. The SMILES string of the molecule is COc1ccc(S(=O)(=O)N(CC(=O)NC2CCCC2)c2ccc(C)cc2)cc1. The van der Waals surface area contributed by atoms with Crippen molar-refractivity contribution in [3.63, 3.8) is 0 Å². The van der Waals surface area contributed by atoms with Gasteiger partial charge >= 0.3 is 0 Å². The highest BCUT2D eigenvalue weighted by atomic mass is 32.2. The molecule has 0 radical (unpaired) electrons. The monoisotopic (exact) mass is 402 g/mol. The second kappa shape index (κ2) is 8.65. The summed E-state index contributed by atoms with van der Waals surface area (Å²) in [7, 11) is -2.38. The van der Waals surface area contributed by atoms with Crippen molar-refractivity contribution >= 4 is 21.6 Å². The number of rotatable bonds is 7. The summed E-state index contributed by atoms with van der Waals surface area (Å²) in [6, 6.07) is 13.4. The fourth-order valence-corrected chi connectivity index (χ4v) is 4.80. The molecule has 0 spiro atoms. The maximum atomic E-state index is 13.3. The number of nitrogens with one attached hydrogen (secondary N) is 1. The molecule has 2 aromatic carbocycles. The number of carbonyl (C=O) groups excluding carboxylic acids is 1. The highest BCUT2D eigenvalue weighted by Gasteiger charge is 2.28. The minimum absolute atomic E-state index is 0.113. The third-order valence-corrected chi connectivity index (χ3v) is 6.76. The number of hydrogen-bond acceptors (Lipinski definition) is 4. The molecule has 0 heterocycles. The predicted molar refractivity (Wildman–Crippen MR) is 109 cm³/mol. The Morgan fingerprint density at radius 3 is 2.25 bits per heavy atom. The van der Waals surface area contributed by atoms with Gasteiger partial charge in [0.25, 0.3) is 10.0 Å². The predicted octanol–water partition coefficient (Wildman–Crippen LogP) is 3.26. The van der Waals surface area contributed by atoms with E-state index >= 15 is 0 Å². The quantitative estimate of drug-likeness (QED) is 0.771. The van der Waals surface area contributed by atoms with E-state index in [1.807, 2.05) is 19.1 Å². The lowest BCUT2D eigenvalue weighted by atomic mass is 10.2. The molecule has 0 saturated heterocycles. The van der Waals surface area contributed by atoms with Crippen LogP contribution in [0.5, 0.6) is 5.75 Å². The molecular formula is C21H26N2O4S. The summed E-state index contributed by atoms with van der Waals surface area (Å²) in [5.41, 5.74) is 1.48. The lowest BCUT2D eigenvalue weighted by molar-refractivity contribution is -0.120. The minimum Gasteiger partial charge on any atom is -0.497 e. The number of anilines is 1. The highest BCUT2D eigenvalue weighted by molar-refractivity contribution is 7.92. The van der Waals surface area contributed by atoms with Gasteiger partial charge in [0.05, 0.1) is 17.7 Å². The number of nitrogens with zero attached hydrogens (tertiary/aromatic N) is 1. The van der Waals surface area contributed by atoms with E-state index in [0.29, 0.717) is 11.4 Å². The van der Waals surface area contributed by atoms with Crippen LogP contribution in [0.2, 0.25) is 0 Å². The molecule has 0 aliphatic heterocycles. The third-order valence-electron chi connectivity index (χ3n) is 4.98. The third kappa shape index (κ3) is 4.65. The fourth-order valence-electron chi connectivity index (χ4n) is 3.37. The maximum absolute atomic E-state index is 13.3. The van der Waals surface area contributed by atoms with Gasteiger partial charge in [-0.05, 0) is 56.2 Å². The van der Waals surface area contributed by atoms with Gasteiger partial charge in [-0.2, -0.15) is 0 Å². The van der Waals surface area contributed by atoms with Gasteiger partial charge in [-0.3, -0.25) is 9.10 Å². The zero-order valence-electron chi connectivity index (χ0n) is 16.2. The Morgan fingerprint density at radius 1 is 1.07 bits per heavy atom. The number of amides is 1. The van der Waals surface area contributed by atoms with E-state index in [9.17, 15) is 13.2 Å². The van der Waals surface area contributed by atoms with E-state index < -0.39 is 10.0 Å². The Balaban J connectivity index is 1.89. The minimum atomic E-state index is -3.90. The van der Waals surface area contributed by atoms with Crippen molar-refractivity contribution in [1.29, 1.82) is 0 Å². The molecule has 0 aromatic heterocycles. The molecular weight excluding hydrogens is 376 g/mol. The number of hydrogen-bond donors (Lipinski definition) is 1. The fraction of sp³-hybridized carbons (Fsp3) is 0.381. The van der Waals surface area contributed by atoms with E-state index in [0.717, 1.165) is 31.2 Å². The molecule has 7 heteroatoms. The number of methoxy groups -OCH3 is 1. The first kappa shape index (κ1) is 20.2. The Bertz CT molecular complexity index is 902. The van der Waals surface area contributed by atoms with Crippen molar-refractivity contribution in [2.45, 2.75) is 43.5 Å².